The Balaban J connectivity index is 3.02. The molecule has 12 heteroatoms. The summed E-state index contributed by atoms with van der Waals surface area (Å²) in [6.07, 6.45) is 4.70. The molecule has 11 nitrogen and oxygen atoms in total. The normalized spacial score (nSPS) is 11.4. The summed E-state index contributed by atoms with van der Waals surface area (Å²) in [6, 6.07) is 0. The minimum Gasteiger partial charge on any atom is -0.481 e. The van der Waals surface area contributed by atoms with Gasteiger partial charge >= 0.3 is 5.97 Å². The average molecular weight is 559 g/mol. The first-order valence-corrected chi connectivity index (χ1v) is 13.9. The molecule has 0 amide bonds. The number of aliphatic carboxylic acids is 1. The van der Waals surface area contributed by atoms with Gasteiger partial charge in [-0.05, 0) is 18.6 Å². The molecule has 0 fully saturated rings. The summed E-state index contributed by atoms with van der Waals surface area (Å²) >= 11 is 4.20. The van der Waals surface area contributed by atoms with Gasteiger partial charge in [-0.3, -0.25) is 4.79 Å². The lowest BCUT2D eigenvalue weighted by Gasteiger charge is -2.09. The Morgan fingerprint density at radius 3 is 0.973 bits per heavy atom. The third-order valence-corrected chi connectivity index (χ3v) is 4.95. The zero-order chi connectivity index (χ0) is 26.9. The van der Waals surface area contributed by atoms with E-state index < -0.39 is 5.97 Å². The Morgan fingerprint density at radius 2 is 0.676 bits per heavy atom. The number of hydrogen-bond acceptors (Lipinski definition) is 11. The van der Waals surface area contributed by atoms with Crippen molar-refractivity contribution in [2.75, 3.05) is 125 Å². The third kappa shape index (κ3) is 35.5. The number of ether oxygens (including phenoxy) is 9. The van der Waals surface area contributed by atoms with Gasteiger partial charge in [0.05, 0.1) is 119 Å². The van der Waals surface area contributed by atoms with Gasteiger partial charge in [0, 0.05) is 6.61 Å². The Bertz CT molecular complexity index is 447. The van der Waals surface area contributed by atoms with Crippen LogP contribution in [0.25, 0.3) is 0 Å². The molecule has 0 saturated heterocycles. The van der Waals surface area contributed by atoms with Crippen LogP contribution in [0, 0.1) is 0 Å². The standard InChI is InChI=1S/C25H50O11S/c26-25(27)5-7-29-9-11-31-13-15-33-17-19-35-21-23-36-22-20-34-18-16-32-14-12-30-10-8-28-6-3-1-2-4-24-37/h37H,1-24H2,(H,26,27). The maximum atomic E-state index is 10.3. The van der Waals surface area contributed by atoms with Crippen molar-refractivity contribution >= 4 is 18.6 Å². The monoisotopic (exact) mass is 558 g/mol. The predicted octanol–water partition coefficient (Wildman–Crippen LogP) is 2.10. The lowest BCUT2D eigenvalue weighted by atomic mass is 10.2. The molecule has 0 atom stereocenters. The molecule has 0 aromatic heterocycles. The maximum Gasteiger partial charge on any atom is 0.305 e. The number of hydrogen-bond donors (Lipinski definition) is 2. The van der Waals surface area contributed by atoms with Crippen molar-refractivity contribution in [3.05, 3.63) is 0 Å². The number of carboxylic acid groups (broad SMARTS) is 1. The van der Waals surface area contributed by atoms with Gasteiger partial charge in [0.1, 0.15) is 0 Å². The zero-order valence-electron chi connectivity index (χ0n) is 22.4. The highest BCUT2D eigenvalue weighted by atomic mass is 32.1. The van der Waals surface area contributed by atoms with Gasteiger partial charge in [0.15, 0.2) is 0 Å². The van der Waals surface area contributed by atoms with E-state index in [1.165, 1.54) is 19.3 Å². The second-order valence-corrected chi connectivity index (χ2v) is 8.24. The number of unbranched alkanes of at least 4 members (excludes halogenated alkanes) is 3. The quantitative estimate of drug-likeness (QED) is 0.0910. The fraction of sp³-hybridized carbons (Fsp3) is 0.960. The summed E-state index contributed by atoms with van der Waals surface area (Å²) < 4.78 is 48.5. The van der Waals surface area contributed by atoms with E-state index in [1.807, 2.05) is 0 Å². The fourth-order valence-electron chi connectivity index (χ4n) is 2.69. The summed E-state index contributed by atoms with van der Waals surface area (Å²) in [7, 11) is 0. The molecule has 0 aliphatic heterocycles. The molecule has 0 unspecified atom stereocenters. The molecule has 0 aromatic carbocycles. The summed E-state index contributed by atoms with van der Waals surface area (Å²) in [6.45, 7) is 9.07. The molecule has 0 spiro atoms. The van der Waals surface area contributed by atoms with Gasteiger partial charge < -0.3 is 47.7 Å². The van der Waals surface area contributed by atoms with Crippen molar-refractivity contribution in [3.63, 3.8) is 0 Å². The van der Waals surface area contributed by atoms with Gasteiger partial charge in [-0.1, -0.05) is 12.8 Å². The van der Waals surface area contributed by atoms with Crippen molar-refractivity contribution in [2.24, 2.45) is 0 Å². The predicted molar refractivity (Wildman–Crippen MR) is 142 cm³/mol. The van der Waals surface area contributed by atoms with Crippen LogP contribution < -0.4 is 0 Å². The molecule has 0 heterocycles. The zero-order valence-corrected chi connectivity index (χ0v) is 23.3. The highest BCUT2D eigenvalue weighted by molar-refractivity contribution is 7.80. The van der Waals surface area contributed by atoms with E-state index in [4.69, 9.17) is 47.7 Å². The molecule has 0 aromatic rings. The summed E-state index contributed by atoms with van der Waals surface area (Å²) in [5.74, 6) is 0.0937. The van der Waals surface area contributed by atoms with Crippen molar-refractivity contribution in [1.82, 2.24) is 0 Å². The molecular weight excluding hydrogens is 508 g/mol. The van der Waals surface area contributed by atoms with E-state index in [2.05, 4.69) is 12.6 Å². The van der Waals surface area contributed by atoms with Crippen LogP contribution in [0.4, 0.5) is 0 Å². The molecule has 0 aliphatic rings. The first-order chi connectivity index (χ1) is 18.3. The summed E-state index contributed by atoms with van der Waals surface area (Å²) in [5, 5.41) is 8.47. The number of carboxylic acids is 1. The van der Waals surface area contributed by atoms with Crippen LogP contribution in [-0.2, 0) is 47.4 Å². The Labute approximate surface area is 228 Å². The van der Waals surface area contributed by atoms with Crippen LogP contribution in [0.15, 0.2) is 0 Å². The Kier molecular flexibility index (Phi) is 33.0. The fourth-order valence-corrected chi connectivity index (χ4v) is 2.91. The molecule has 0 saturated carbocycles. The second kappa shape index (κ2) is 33.5. The minimum atomic E-state index is -0.869. The van der Waals surface area contributed by atoms with Crippen LogP contribution in [0.1, 0.15) is 32.1 Å². The first-order valence-electron chi connectivity index (χ1n) is 13.3. The van der Waals surface area contributed by atoms with E-state index in [0.717, 1.165) is 18.8 Å². The smallest absolute Gasteiger partial charge is 0.305 e. The highest BCUT2D eigenvalue weighted by Gasteiger charge is 1.97. The Hall–Kier alpha value is -0.540. The van der Waals surface area contributed by atoms with Gasteiger partial charge in [0.25, 0.3) is 0 Å². The number of thiol groups is 1. The van der Waals surface area contributed by atoms with Crippen LogP contribution in [0.3, 0.4) is 0 Å². The van der Waals surface area contributed by atoms with Crippen molar-refractivity contribution in [1.29, 1.82) is 0 Å². The van der Waals surface area contributed by atoms with Gasteiger partial charge in [-0.15, -0.1) is 0 Å². The lowest BCUT2D eigenvalue weighted by molar-refractivity contribution is -0.138. The SMILES string of the molecule is O=C(O)CCOCCOCCOCCOCCOCCOCCOCCOCCOCCCCCCS. The Morgan fingerprint density at radius 1 is 0.405 bits per heavy atom. The largest absolute Gasteiger partial charge is 0.481 e. The average Bonchev–Trinajstić information content (AvgIpc) is 2.89. The number of rotatable bonds is 33. The molecular formula is C25H50O11S. The van der Waals surface area contributed by atoms with E-state index in [1.54, 1.807) is 0 Å². The van der Waals surface area contributed by atoms with E-state index >= 15 is 0 Å². The lowest BCUT2D eigenvalue weighted by Crippen LogP contribution is -2.15. The van der Waals surface area contributed by atoms with E-state index in [9.17, 15) is 4.79 Å². The van der Waals surface area contributed by atoms with Gasteiger partial charge in [-0.25, -0.2) is 0 Å². The van der Waals surface area contributed by atoms with Crippen LogP contribution >= 0.6 is 12.6 Å². The van der Waals surface area contributed by atoms with Gasteiger partial charge in [-0.2, -0.15) is 12.6 Å². The number of carbonyl (C=O) groups is 1. The summed E-state index contributed by atoms with van der Waals surface area (Å²) in [5.41, 5.74) is 0. The van der Waals surface area contributed by atoms with Crippen molar-refractivity contribution < 1.29 is 52.5 Å². The third-order valence-electron chi connectivity index (χ3n) is 4.63. The van der Waals surface area contributed by atoms with Gasteiger partial charge in [0.2, 0.25) is 0 Å². The molecule has 37 heavy (non-hydrogen) atoms. The second-order valence-electron chi connectivity index (χ2n) is 7.79. The van der Waals surface area contributed by atoms with Crippen LogP contribution in [-0.4, -0.2) is 136 Å². The molecule has 1 N–H and O–H groups in total. The minimum absolute atomic E-state index is 0.00356. The van der Waals surface area contributed by atoms with Crippen molar-refractivity contribution in [2.45, 2.75) is 32.1 Å². The molecule has 0 bridgehead atoms. The van der Waals surface area contributed by atoms with E-state index in [0.29, 0.717) is 106 Å². The first kappa shape index (κ1) is 36.5. The molecule has 0 aliphatic carbocycles. The van der Waals surface area contributed by atoms with Crippen LogP contribution in [0.2, 0.25) is 0 Å². The van der Waals surface area contributed by atoms with E-state index in [-0.39, 0.29) is 13.0 Å². The topological polar surface area (TPSA) is 120 Å². The molecule has 0 radical (unpaired) electrons. The molecule has 0 rings (SSSR count). The highest BCUT2D eigenvalue weighted by Crippen LogP contribution is 2.00. The molecule has 222 valence electrons. The van der Waals surface area contributed by atoms with Crippen molar-refractivity contribution in [3.8, 4) is 0 Å². The van der Waals surface area contributed by atoms with Crippen LogP contribution in [0.5, 0.6) is 0 Å². The maximum absolute atomic E-state index is 10.3. The summed E-state index contributed by atoms with van der Waals surface area (Å²) in [4.78, 5) is 10.3.